The summed E-state index contributed by atoms with van der Waals surface area (Å²) in [5.74, 6) is 0. The first-order valence-electron chi connectivity index (χ1n) is 5.72. The molecule has 1 aromatic rings. The summed E-state index contributed by atoms with van der Waals surface area (Å²) in [6.07, 6.45) is 3.20. The molecule has 0 fully saturated rings. The summed E-state index contributed by atoms with van der Waals surface area (Å²) in [6, 6.07) is 0. The summed E-state index contributed by atoms with van der Waals surface area (Å²) >= 11 is 4.41. The van der Waals surface area contributed by atoms with Gasteiger partial charge < -0.3 is 0 Å². The van der Waals surface area contributed by atoms with Crippen molar-refractivity contribution in [1.82, 2.24) is 0 Å². The van der Waals surface area contributed by atoms with Gasteiger partial charge in [0.1, 0.15) is 0 Å². The molecule has 96 valence electrons. The van der Waals surface area contributed by atoms with Crippen molar-refractivity contribution in [2.45, 2.75) is 38.0 Å². The number of rotatable bonds is 3. The summed E-state index contributed by atoms with van der Waals surface area (Å²) in [7, 11) is 0. The van der Waals surface area contributed by atoms with Gasteiger partial charge in [-0.15, -0.1) is 12.6 Å². The average Bonchev–Trinajstić information content (AvgIpc) is 2.27. The minimum absolute atomic E-state index is 0.297. The highest BCUT2D eigenvalue weighted by molar-refractivity contribution is 7.80. The fourth-order valence-corrected chi connectivity index (χ4v) is 2.66. The number of carbonyl (C=O) groups is 2. The van der Waals surface area contributed by atoms with Gasteiger partial charge in [-0.05, 0) is 29.0 Å². The number of aldehydes is 2. The van der Waals surface area contributed by atoms with Crippen LogP contribution in [0.1, 0.15) is 58.2 Å². The Morgan fingerprint density at radius 2 is 1.56 bits per heavy atom. The average molecular weight is 262 g/mol. The molecular weight excluding hydrogens is 244 g/mol. The molecule has 0 N–H and O–H groups in total. The molecule has 0 unspecified atom stereocenters. The Morgan fingerprint density at radius 3 is 1.89 bits per heavy atom. The third-order valence-corrected chi connectivity index (χ3v) is 3.53. The van der Waals surface area contributed by atoms with Gasteiger partial charge >= 0.3 is 0 Å². The van der Waals surface area contributed by atoms with Crippen LogP contribution < -0.4 is 0 Å². The molecule has 0 spiro atoms. The normalized spacial score (nSPS) is 11.2. The van der Waals surface area contributed by atoms with Crippen molar-refractivity contribution in [1.29, 1.82) is 0 Å². The van der Waals surface area contributed by atoms with Crippen LogP contribution >= 0.6 is 12.6 Å². The third kappa shape index (κ3) is 2.27. The van der Waals surface area contributed by atoms with Gasteiger partial charge in [0.2, 0.25) is 0 Å². The van der Waals surface area contributed by atoms with Gasteiger partial charge in [-0.2, -0.15) is 0 Å². The zero-order chi connectivity index (χ0) is 14.1. The van der Waals surface area contributed by atoms with E-state index < -0.39 is 0 Å². The van der Waals surface area contributed by atoms with Crippen molar-refractivity contribution in [2.75, 3.05) is 0 Å². The lowest BCUT2D eigenvalue weighted by atomic mass is 9.78. The lowest BCUT2D eigenvalue weighted by Crippen LogP contribution is -2.19. The summed E-state index contributed by atoms with van der Waals surface area (Å²) in [6.45, 7) is 11.5. The molecule has 0 aliphatic rings. The van der Waals surface area contributed by atoms with E-state index in [1.807, 2.05) is 27.7 Å². The van der Waals surface area contributed by atoms with Crippen LogP contribution in [0.2, 0.25) is 0 Å². The Bertz CT molecular complexity index is 487. The first-order chi connectivity index (χ1) is 8.29. The molecule has 18 heavy (non-hydrogen) atoms. The molecule has 0 radical (unpaired) electrons. The Kier molecular flexibility index (Phi) is 4.17. The number of hydrogen-bond acceptors (Lipinski definition) is 3. The summed E-state index contributed by atoms with van der Waals surface area (Å²) in [4.78, 5) is 23.3. The number of carbonyl (C=O) groups excluding carboxylic acids is 2. The second-order valence-corrected chi connectivity index (χ2v) is 5.73. The van der Waals surface area contributed by atoms with Gasteiger partial charge in [0.25, 0.3) is 0 Å². The van der Waals surface area contributed by atoms with Crippen LogP contribution in [0.5, 0.6) is 0 Å². The standard InChI is InChI=1S/C15H18O2S/c1-6-10-9(2)11(7-16)13(15(3,4)5)12(8-17)14(10)18/h6-8,18H,1H2,2-5H3. The van der Waals surface area contributed by atoms with Crippen molar-refractivity contribution in [3.8, 4) is 0 Å². The van der Waals surface area contributed by atoms with E-state index in [-0.39, 0.29) is 5.41 Å². The molecule has 0 aromatic heterocycles. The zero-order valence-corrected chi connectivity index (χ0v) is 12.1. The maximum absolute atomic E-state index is 11.4. The van der Waals surface area contributed by atoms with Crippen LogP contribution in [0, 0.1) is 6.92 Å². The maximum Gasteiger partial charge on any atom is 0.151 e. The predicted molar refractivity (Wildman–Crippen MR) is 78.0 cm³/mol. The predicted octanol–water partition coefficient (Wildman–Crippen LogP) is 3.85. The second kappa shape index (κ2) is 5.11. The van der Waals surface area contributed by atoms with Crippen LogP contribution in [0.25, 0.3) is 6.08 Å². The molecule has 0 saturated heterocycles. The Hall–Kier alpha value is -1.35. The highest BCUT2D eigenvalue weighted by Crippen LogP contribution is 2.36. The number of benzene rings is 1. The first-order valence-corrected chi connectivity index (χ1v) is 6.17. The van der Waals surface area contributed by atoms with Crippen LogP contribution in [0.15, 0.2) is 11.5 Å². The molecule has 0 saturated carbocycles. The minimum Gasteiger partial charge on any atom is -0.298 e. The van der Waals surface area contributed by atoms with Gasteiger partial charge in [0, 0.05) is 16.0 Å². The van der Waals surface area contributed by atoms with Gasteiger partial charge in [-0.1, -0.05) is 33.4 Å². The van der Waals surface area contributed by atoms with Gasteiger partial charge in [-0.25, -0.2) is 0 Å². The van der Waals surface area contributed by atoms with E-state index in [0.717, 1.165) is 29.3 Å². The molecule has 2 nitrogen and oxygen atoms in total. The molecule has 1 rings (SSSR count). The topological polar surface area (TPSA) is 34.1 Å². The molecule has 0 bridgehead atoms. The SMILES string of the molecule is C=Cc1c(C)c(C=O)c(C(C)(C)C)c(C=O)c1S. The molecular formula is C15H18O2S. The number of hydrogen-bond donors (Lipinski definition) is 1. The molecule has 3 heteroatoms. The summed E-state index contributed by atoms with van der Waals surface area (Å²) in [5, 5.41) is 0. The Morgan fingerprint density at radius 1 is 1.06 bits per heavy atom. The highest BCUT2D eigenvalue weighted by Gasteiger charge is 2.26. The fraction of sp³-hybridized carbons (Fsp3) is 0.333. The van der Waals surface area contributed by atoms with E-state index in [9.17, 15) is 9.59 Å². The Labute approximate surface area is 114 Å². The molecule has 1 aromatic carbocycles. The lowest BCUT2D eigenvalue weighted by Gasteiger charge is -2.26. The van der Waals surface area contributed by atoms with E-state index in [4.69, 9.17) is 0 Å². The Balaban J connectivity index is 3.96. The molecule has 0 aliphatic carbocycles. The van der Waals surface area contributed by atoms with Crippen LogP contribution in [-0.4, -0.2) is 12.6 Å². The molecule has 0 amide bonds. The third-order valence-electron chi connectivity index (χ3n) is 3.05. The number of thiol groups is 1. The molecule has 0 atom stereocenters. The van der Waals surface area contributed by atoms with Crippen LogP contribution in [-0.2, 0) is 5.41 Å². The monoisotopic (exact) mass is 262 g/mol. The highest BCUT2D eigenvalue weighted by atomic mass is 32.1. The van der Waals surface area contributed by atoms with E-state index >= 15 is 0 Å². The van der Waals surface area contributed by atoms with E-state index in [2.05, 4.69) is 19.2 Å². The zero-order valence-electron chi connectivity index (χ0n) is 11.2. The van der Waals surface area contributed by atoms with Gasteiger partial charge in [-0.3, -0.25) is 9.59 Å². The van der Waals surface area contributed by atoms with E-state index in [0.29, 0.717) is 16.0 Å². The molecule has 0 heterocycles. The first kappa shape index (κ1) is 14.7. The fourth-order valence-electron chi connectivity index (χ4n) is 2.24. The maximum atomic E-state index is 11.4. The largest absolute Gasteiger partial charge is 0.298 e. The van der Waals surface area contributed by atoms with Crippen LogP contribution in [0.4, 0.5) is 0 Å². The summed E-state index contributed by atoms with van der Waals surface area (Å²) in [5.41, 5.74) is 3.07. The van der Waals surface area contributed by atoms with Crippen molar-refractivity contribution < 1.29 is 9.59 Å². The van der Waals surface area contributed by atoms with E-state index in [1.54, 1.807) is 6.08 Å². The quantitative estimate of drug-likeness (QED) is 0.663. The van der Waals surface area contributed by atoms with E-state index in [1.165, 1.54) is 0 Å². The minimum atomic E-state index is -0.297. The van der Waals surface area contributed by atoms with Crippen molar-refractivity contribution in [2.24, 2.45) is 0 Å². The van der Waals surface area contributed by atoms with Gasteiger partial charge in [0.15, 0.2) is 12.6 Å². The van der Waals surface area contributed by atoms with Crippen molar-refractivity contribution in [3.05, 3.63) is 34.4 Å². The smallest absolute Gasteiger partial charge is 0.151 e. The second-order valence-electron chi connectivity index (χ2n) is 5.28. The van der Waals surface area contributed by atoms with Crippen LogP contribution in [0.3, 0.4) is 0 Å². The van der Waals surface area contributed by atoms with Gasteiger partial charge in [0.05, 0.1) is 0 Å². The molecule has 0 aliphatic heterocycles. The van der Waals surface area contributed by atoms with Crippen molar-refractivity contribution in [3.63, 3.8) is 0 Å². The summed E-state index contributed by atoms with van der Waals surface area (Å²) < 4.78 is 0. The van der Waals surface area contributed by atoms with Crippen molar-refractivity contribution >= 4 is 31.3 Å². The lowest BCUT2D eigenvalue weighted by molar-refractivity contribution is 0.111.